The second kappa shape index (κ2) is 8.20. The number of amides is 1. The van der Waals surface area contributed by atoms with Gasteiger partial charge in [-0.05, 0) is 43.9 Å². The van der Waals surface area contributed by atoms with E-state index in [0.717, 1.165) is 12.8 Å². The average molecular weight is 340 g/mol. The fourth-order valence-electron chi connectivity index (χ4n) is 2.82. The van der Waals surface area contributed by atoms with Crippen molar-refractivity contribution in [2.75, 3.05) is 11.9 Å². The molecule has 2 unspecified atom stereocenters. The molecule has 0 saturated heterocycles. The average Bonchev–Trinajstić information content (AvgIpc) is 2.54. The molecule has 5 nitrogen and oxygen atoms in total. The van der Waals surface area contributed by atoms with Crippen molar-refractivity contribution in [1.29, 1.82) is 0 Å². The topological polar surface area (TPSA) is 75.6 Å². The van der Waals surface area contributed by atoms with Crippen LogP contribution in [-0.4, -0.2) is 23.6 Å². The number of aliphatic carboxylic acids is 1. The number of ether oxygens (including phenoxy) is 1. The first-order valence-electron chi connectivity index (χ1n) is 7.97. The largest absolute Gasteiger partial charge is 0.491 e. The molecule has 1 saturated carbocycles. The molecule has 0 heterocycles. The van der Waals surface area contributed by atoms with Gasteiger partial charge in [0.1, 0.15) is 5.75 Å². The van der Waals surface area contributed by atoms with Gasteiger partial charge in [0.25, 0.3) is 0 Å². The van der Waals surface area contributed by atoms with Crippen LogP contribution < -0.4 is 10.1 Å². The smallest absolute Gasteiger partial charge is 0.306 e. The predicted molar refractivity (Wildman–Crippen MR) is 89.0 cm³/mol. The molecule has 2 atom stereocenters. The summed E-state index contributed by atoms with van der Waals surface area (Å²) in [5.41, 5.74) is 0.536. The molecule has 1 aromatic rings. The highest BCUT2D eigenvalue weighted by molar-refractivity contribution is 6.31. The van der Waals surface area contributed by atoms with E-state index in [4.69, 9.17) is 21.4 Å². The summed E-state index contributed by atoms with van der Waals surface area (Å²) in [5, 5.41) is 12.5. The number of nitrogens with one attached hydrogen (secondary N) is 1. The first kappa shape index (κ1) is 17.6. The van der Waals surface area contributed by atoms with E-state index in [0.29, 0.717) is 42.3 Å². The quantitative estimate of drug-likeness (QED) is 0.822. The number of hydrogen-bond acceptors (Lipinski definition) is 3. The maximum atomic E-state index is 12.5. The monoisotopic (exact) mass is 339 g/mol. The standard InChI is InChI=1S/C17H22ClNO4/c1-2-8-23-15-7-6-13(18)10-14(15)19-16(20)11-4-3-5-12(9-11)17(21)22/h6-7,10-12H,2-5,8-9H2,1H3,(H,19,20)(H,21,22). The Morgan fingerprint density at radius 2 is 2.09 bits per heavy atom. The van der Waals surface area contributed by atoms with Gasteiger partial charge in [0.05, 0.1) is 18.2 Å². The van der Waals surface area contributed by atoms with Crippen molar-refractivity contribution in [1.82, 2.24) is 0 Å². The van der Waals surface area contributed by atoms with Crippen LogP contribution in [0.3, 0.4) is 0 Å². The fourth-order valence-corrected chi connectivity index (χ4v) is 3.00. The first-order chi connectivity index (χ1) is 11.0. The molecule has 23 heavy (non-hydrogen) atoms. The summed E-state index contributed by atoms with van der Waals surface area (Å²) >= 11 is 6.00. The summed E-state index contributed by atoms with van der Waals surface area (Å²) in [5.74, 6) is -1.13. The molecule has 2 N–H and O–H groups in total. The normalized spacial score (nSPS) is 20.8. The maximum Gasteiger partial charge on any atom is 0.306 e. The lowest BCUT2D eigenvalue weighted by Crippen LogP contribution is -2.31. The van der Waals surface area contributed by atoms with E-state index >= 15 is 0 Å². The van der Waals surface area contributed by atoms with Crippen molar-refractivity contribution in [3.63, 3.8) is 0 Å². The lowest BCUT2D eigenvalue weighted by Gasteiger charge is -2.26. The number of benzene rings is 1. The Morgan fingerprint density at radius 1 is 1.35 bits per heavy atom. The van der Waals surface area contributed by atoms with Crippen molar-refractivity contribution >= 4 is 29.2 Å². The van der Waals surface area contributed by atoms with Crippen molar-refractivity contribution in [2.24, 2.45) is 11.8 Å². The van der Waals surface area contributed by atoms with Gasteiger partial charge in [0.15, 0.2) is 0 Å². The van der Waals surface area contributed by atoms with Crippen LogP contribution in [0.4, 0.5) is 5.69 Å². The third kappa shape index (κ3) is 4.86. The van der Waals surface area contributed by atoms with Gasteiger partial charge in [0.2, 0.25) is 5.91 Å². The Hall–Kier alpha value is -1.75. The number of anilines is 1. The van der Waals surface area contributed by atoms with Gasteiger partial charge in [-0.3, -0.25) is 9.59 Å². The summed E-state index contributed by atoms with van der Waals surface area (Å²) in [4.78, 5) is 23.6. The minimum Gasteiger partial charge on any atom is -0.491 e. The van der Waals surface area contributed by atoms with E-state index < -0.39 is 11.9 Å². The van der Waals surface area contributed by atoms with E-state index in [1.807, 2.05) is 6.92 Å². The van der Waals surface area contributed by atoms with Crippen LogP contribution in [0, 0.1) is 11.8 Å². The zero-order chi connectivity index (χ0) is 16.8. The molecular weight excluding hydrogens is 318 g/mol. The third-order valence-corrected chi connectivity index (χ3v) is 4.29. The number of carbonyl (C=O) groups excluding carboxylic acids is 1. The molecule has 0 aliphatic heterocycles. The molecule has 1 fully saturated rings. The van der Waals surface area contributed by atoms with Crippen LogP contribution in [0.2, 0.25) is 5.02 Å². The molecule has 1 aliphatic carbocycles. The molecule has 0 aromatic heterocycles. The molecule has 0 radical (unpaired) electrons. The molecule has 6 heteroatoms. The third-order valence-electron chi connectivity index (χ3n) is 4.06. The summed E-state index contributed by atoms with van der Waals surface area (Å²) in [6, 6.07) is 5.10. The lowest BCUT2D eigenvalue weighted by molar-refractivity contribution is -0.143. The molecule has 126 valence electrons. The fraction of sp³-hybridized carbons (Fsp3) is 0.529. The molecule has 1 aromatic carbocycles. The number of rotatable bonds is 6. The van der Waals surface area contributed by atoms with Gasteiger partial charge < -0.3 is 15.2 Å². The van der Waals surface area contributed by atoms with Crippen LogP contribution in [-0.2, 0) is 9.59 Å². The Bertz CT molecular complexity index is 576. The number of halogens is 1. The summed E-state index contributed by atoms with van der Waals surface area (Å²) in [6.45, 7) is 2.55. The number of carbonyl (C=O) groups is 2. The summed E-state index contributed by atoms with van der Waals surface area (Å²) in [6.07, 6.45) is 3.35. The Labute approximate surface area is 141 Å². The Morgan fingerprint density at radius 3 is 2.78 bits per heavy atom. The zero-order valence-electron chi connectivity index (χ0n) is 13.2. The highest BCUT2D eigenvalue weighted by atomic mass is 35.5. The molecule has 0 spiro atoms. The molecule has 0 bridgehead atoms. The molecular formula is C17H22ClNO4. The van der Waals surface area contributed by atoms with E-state index in [1.54, 1.807) is 18.2 Å². The first-order valence-corrected chi connectivity index (χ1v) is 8.35. The van der Waals surface area contributed by atoms with E-state index in [9.17, 15) is 9.59 Å². The van der Waals surface area contributed by atoms with Gasteiger partial charge >= 0.3 is 5.97 Å². The minimum atomic E-state index is -0.822. The Kier molecular flexibility index (Phi) is 6.28. The summed E-state index contributed by atoms with van der Waals surface area (Å²) in [7, 11) is 0. The van der Waals surface area contributed by atoms with E-state index in [1.165, 1.54) is 0 Å². The second-order valence-electron chi connectivity index (χ2n) is 5.88. The van der Waals surface area contributed by atoms with Gasteiger partial charge in [-0.2, -0.15) is 0 Å². The van der Waals surface area contributed by atoms with Gasteiger partial charge in [0, 0.05) is 10.9 Å². The van der Waals surface area contributed by atoms with Crippen LogP contribution in [0.1, 0.15) is 39.0 Å². The van der Waals surface area contributed by atoms with E-state index in [-0.39, 0.29) is 11.8 Å². The van der Waals surface area contributed by atoms with Crippen LogP contribution in [0.25, 0.3) is 0 Å². The predicted octanol–water partition coefficient (Wildman–Crippen LogP) is 3.96. The number of carboxylic acids is 1. The van der Waals surface area contributed by atoms with Crippen LogP contribution in [0.5, 0.6) is 5.75 Å². The lowest BCUT2D eigenvalue weighted by atomic mass is 9.81. The molecule has 1 amide bonds. The number of hydrogen-bond donors (Lipinski definition) is 2. The van der Waals surface area contributed by atoms with Gasteiger partial charge in [-0.25, -0.2) is 0 Å². The highest BCUT2D eigenvalue weighted by Gasteiger charge is 2.31. The van der Waals surface area contributed by atoms with Crippen LogP contribution in [0.15, 0.2) is 18.2 Å². The maximum absolute atomic E-state index is 12.5. The van der Waals surface area contributed by atoms with Gasteiger partial charge in [-0.1, -0.05) is 24.9 Å². The SMILES string of the molecule is CCCOc1ccc(Cl)cc1NC(=O)C1CCCC(C(=O)O)C1. The van der Waals surface area contributed by atoms with Crippen molar-refractivity contribution in [3.8, 4) is 5.75 Å². The van der Waals surface area contributed by atoms with E-state index in [2.05, 4.69) is 5.32 Å². The minimum absolute atomic E-state index is 0.167. The zero-order valence-corrected chi connectivity index (χ0v) is 13.9. The van der Waals surface area contributed by atoms with Crippen LogP contribution >= 0.6 is 11.6 Å². The highest BCUT2D eigenvalue weighted by Crippen LogP contribution is 2.33. The van der Waals surface area contributed by atoms with Crippen molar-refractivity contribution in [3.05, 3.63) is 23.2 Å². The van der Waals surface area contributed by atoms with Crippen molar-refractivity contribution < 1.29 is 19.4 Å². The van der Waals surface area contributed by atoms with Crippen molar-refractivity contribution in [2.45, 2.75) is 39.0 Å². The number of carboxylic acid groups (broad SMARTS) is 1. The van der Waals surface area contributed by atoms with Gasteiger partial charge in [-0.15, -0.1) is 0 Å². The molecule has 1 aliphatic rings. The summed E-state index contributed by atoms with van der Waals surface area (Å²) < 4.78 is 5.62. The second-order valence-corrected chi connectivity index (χ2v) is 6.31. The molecule has 2 rings (SSSR count). The Balaban J connectivity index is 2.07.